The second-order valence-corrected chi connectivity index (χ2v) is 10.5. The first-order valence-electron chi connectivity index (χ1n) is 14.3. The molecule has 0 saturated heterocycles. The Morgan fingerprint density at radius 3 is 1.26 bits per heavy atom. The number of hydrogen-bond donors (Lipinski definition) is 0. The van der Waals surface area contributed by atoms with E-state index in [-0.39, 0.29) is 0 Å². The van der Waals surface area contributed by atoms with Crippen LogP contribution in [0.15, 0.2) is 156 Å². The third kappa shape index (κ3) is 4.75. The maximum atomic E-state index is 6.45. The Bertz CT molecular complexity index is 2170. The van der Waals surface area contributed by atoms with E-state index in [1.165, 1.54) is 11.1 Å². The summed E-state index contributed by atoms with van der Waals surface area (Å²) in [7, 11) is 0. The van der Waals surface area contributed by atoms with Gasteiger partial charge >= 0.3 is 0 Å². The van der Waals surface area contributed by atoms with Crippen LogP contribution in [0.5, 0.6) is 0 Å². The summed E-state index contributed by atoms with van der Waals surface area (Å²) in [5.41, 5.74) is 9.05. The van der Waals surface area contributed by atoms with Gasteiger partial charge in [0, 0.05) is 27.5 Å². The number of hydrogen-bond acceptors (Lipinski definition) is 4. The number of rotatable bonds is 5. The van der Waals surface area contributed by atoms with Gasteiger partial charge < -0.3 is 4.42 Å². The number of furan rings is 1. The summed E-state index contributed by atoms with van der Waals surface area (Å²) in [5, 5.41) is 2.14. The van der Waals surface area contributed by atoms with Crippen molar-refractivity contribution >= 4 is 21.9 Å². The minimum Gasteiger partial charge on any atom is -0.456 e. The van der Waals surface area contributed by atoms with Crippen LogP contribution in [0.3, 0.4) is 0 Å². The number of fused-ring (bicyclic) bond motifs is 3. The van der Waals surface area contributed by atoms with Crippen LogP contribution >= 0.6 is 0 Å². The third-order valence-corrected chi connectivity index (χ3v) is 7.73. The Morgan fingerprint density at radius 1 is 0.302 bits per heavy atom. The van der Waals surface area contributed by atoms with Crippen LogP contribution in [-0.4, -0.2) is 15.0 Å². The fourth-order valence-corrected chi connectivity index (χ4v) is 5.54. The van der Waals surface area contributed by atoms with Crippen molar-refractivity contribution < 1.29 is 4.42 Å². The molecule has 2 heterocycles. The van der Waals surface area contributed by atoms with Gasteiger partial charge in [0.05, 0.1) is 0 Å². The van der Waals surface area contributed by atoms with Gasteiger partial charge in [0.15, 0.2) is 17.5 Å². The van der Waals surface area contributed by atoms with E-state index in [9.17, 15) is 0 Å². The lowest BCUT2D eigenvalue weighted by molar-refractivity contribution is 0.669. The van der Waals surface area contributed by atoms with Crippen LogP contribution < -0.4 is 0 Å². The molecule has 0 aliphatic heterocycles. The molecule has 0 spiro atoms. The van der Waals surface area contributed by atoms with E-state index in [0.717, 1.165) is 49.8 Å². The topological polar surface area (TPSA) is 51.8 Å². The normalized spacial score (nSPS) is 11.3. The molecule has 0 radical (unpaired) electrons. The van der Waals surface area contributed by atoms with Gasteiger partial charge in [-0.05, 0) is 52.6 Å². The second-order valence-electron chi connectivity index (χ2n) is 10.5. The molecule has 8 rings (SSSR count). The predicted octanol–water partition coefficient (Wildman–Crippen LogP) is 10.1. The maximum absolute atomic E-state index is 6.45. The lowest BCUT2D eigenvalue weighted by Crippen LogP contribution is -2.00. The average Bonchev–Trinajstić information content (AvgIpc) is 3.46. The zero-order valence-electron chi connectivity index (χ0n) is 23.2. The first-order chi connectivity index (χ1) is 21.3. The molecule has 0 saturated carbocycles. The van der Waals surface area contributed by atoms with E-state index >= 15 is 0 Å². The summed E-state index contributed by atoms with van der Waals surface area (Å²) in [4.78, 5) is 14.6. The van der Waals surface area contributed by atoms with E-state index in [1.807, 2.05) is 72.8 Å². The van der Waals surface area contributed by atoms with Crippen LogP contribution in [0.4, 0.5) is 0 Å². The van der Waals surface area contributed by atoms with Gasteiger partial charge in [-0.1, -0.05) is 121 Å². The number of nitrogens with zero attached hydrogens (tertiary/aromatic N) is 3. The highest BCUT2D eigenvalue weighted by Gasteiger charge is 2.15. The minimum absolute atomic E-state index is 0.605. The number of aromatic nitrogens is 3. The van der Waals surface area contributed by atoms with Crippen LogP contribution in [-0.2, 0) is 0 Å². The second kappa shape index (κ2) is 10.5. The summed E-state index contributed by atoms with van der Waals surface area (Å²) < 4.78 is 6.45. The summed E-state index contributed by atoms with van der Waals surface area (Å²) in [5.74, 6) is 1.88. The van der Waals surface area contributed by atoms with Gasteiger partial charge in [0.2, 0.25) is 0 Å². The largest absolute Gasteiger partial charge is 0.456 e. The lowest BCUT2D eigenvalue weighted by atomic mass is 9.98. The molecule has 0 atom stereocenters. The molecule has 0 N–H and O–H groups in total. The molecule has 0 bridgehead atoms. The molecule has 4 nitrogen and oxygen atoms in total. The molecule has 0 fully saturated rings. The van der Waals surface area contributed by atoms with Crippen LogP contribution in [0.1, 0.15) is 0 Å². The minimum atomic E-state index is 0.605. The zero-order valence-corrected chi connectivity index (χ0v) is 23.2. The SMILES string of the molecule is c1ccc(-c2cccc(-c3ccc4c(c3)oc3cc(-c5nc(-c6ccccc6)nc(-c6ccccc6)n5)ccc34)c2)cc1. The predicted molar refractivity (Wildman–Crippen MR) is 174 cm³/mol. The Kier molecular flexibility index (Phi) is 6.08. The summed E-state index contributed by atoms with van der Waals surface area (Å²) in [6.07, 6.45) is 0. The molecule has 0 unspecified atom stereocenters. The standard InChI is InChI=1S/C39H25N3O/c1-4-11-26(12-5-1)29-17-10-18-30(23-29)31-19-21-33-34-22-20-32(25-36(34)43-35(33)24-31)39-41-37(27-13-6-2-7-14-27)40-38(42-39)28-15-8-3-9-16-28/h1-25H. The van der Waals surface area contributed by atoms with E-state index < -0.39 is 0 Å². The Hall–Kier alpha value is -5.87. The van der Waals surface area contributed by atoms with Gasteiger partial charge in [-0.2, -0.15) is 0 Å². The van der Waals surface area contributed by atoms with Crippen molar-refractivity contribution in [2.45, 2.75) is 0 Å². The smallest absolute Gasteiger partial charge is 0.164 e. The molecule has 8 aromatic rings. The van der Waals surface area contributed by atoms with Crippen molar-refractivity contribution in [1.82, 2.24) is 15.0 Å². The van der Waals surface area contributed by atoms with Gasteiger partial charge in [0.25, 0.3) is 0 Å². The molecule has 0 amide bonds. The maximum Gasteiger partial charge on any atom is 0.164 e. The van der Waals surface area contributed by atoms with E-state index in [4.69, 9.17) is 19.4 Å². The molecule has 4 heteroatoms. The molecular formula is C39H25N3O. The average molecular weight is 552 g/mol. The monoisotopic (exact) mass is 551 g/mol. The zero-order chi connectivity index (χ0) is 28.6. The van der Waals surface area contributed by atoms with Crippen LogP contribution in [0.2, 0.25) is 0 Å². The van der Waals surface area contributed by atoms with Gasteiger partial charge in [-0.25, -0.2) is 15.0 Å². The molecule has 6 aromatic carbocycles. The molecule has 2 aromatic heterocycles. The van der Waals surface area contributed by atoms with Crippen molar-refractivity contribution in [3.63, 3.8) is 0 Å². The van der Waals surface area contributed by atoms with E-state index in [0.29, 0.717) is 17.5 Å². The van der Waals surface area contributed by atoms with Crippen LogP contribution in [0, 0.1) is 0 Å². The van der Waals surface area contributed by atoms with Gasteiger partial charge in [-0.15, -0.1) is 0 Å². The fraction of sp³-hybridized carbons (Fsp3) is 0. The Balaban J connectivity index is 1.21. The Morgan fingerprint density at radius 2 is 0.698 bits per heavy atom. The van der Waals surface area contributed by atoms with Crippen molar-refractivity contribution in [3.05, 3.63) is 152 Å². The molecule has 0 aliphatic rings. The molecular weight excluding hydrogens is 526 g/mol. The fourth-order valence-electron chi connectivity index (χ4n) is 5.54. The van der Waals surface area contributed by atoms with Crippen molar-refractivity contribution in [1.29, 1.82) is 0 Å². The highest BCUT2D eigenvalue weighted by Crippen LogP contribution is 2.35. The van der Waals surface area contributed by atoms with Gasteiger partial charge in [0.1, 0.15) is 11.2 Å². The summed E-state index contributed by atoms with van der Waals surface area (Å²) >= 11 is 0. The van der Waals surface area contributed by atoms with E-state index in [1.54, 1.807) is 0 Å². The third-order valence-electron chi connectivity index (χ3n) is 7.73. The van der Waals surface area contributed by atoms with Crippen LogP contribution in [0.25, 0.3) is 78.4 Å². The summed E-state index contributed by atoms with van der Waals surface area (Å²) in [6, 6.07) is 51.7. The van der Waals surface area contributed by atoms with Crippen molar-refractivity contribution in [2.75, 3.05) is 0 Å². The molecule has 0 aliphatic carbocycles. The van der Waals surface area contributed by atoms with Gasteiger partial charge in [-0.3, -0.25) is 0 Å². The highest BCUT2D eigenvalue weighted by molar-refractivity contribution is 6.06. The first-order valence-corrected chi connectivity index (χ1v) is 14.3. The molecule has 202 valence electrons. The number of benzene rings is 6. The van der Waals surface area contributed by atoms with Crippen molar-refractivity contribution in [3.8, 4) is 56.4 Å². The Labute approximate surface area is 249 Å². The molecule has 43 heavy (non-hydrogen) atoms. The van der Waals surface area contributed by atoms with Crippen molar-refractivity contribution in [2.24, 2.45) is 0 Å². The quantitative estimate of drug-likeness (QED) is 0.214. The first kappa shape index (κ1) is 24.9. The van der Waals surface area contributed by atoms with E-state index in [2.05, 4.69) is 78.9 Å². The summed E-state index contributed by atoms with van der Waals surface area (Å²) in [6.45, 7) is 0. The highest BCUT2D eigenvalue weighted by atomic mass is 16.3. The lowest BCUT2D eigenvalue weighted by Gasteiger charge is -2.08.